The molecule has 0 bridgehead atoms. The van der Waals surface area contributed by atoms with Crippen molar-refractivity contribution in [2.75, 3.05) is 5.32 Å². The molecule has 1 amide bonds. The van der Waals surface area contributed by atoms with Crippen molar-refractivity contribution in [3.05, 3.63) is 28.8 Å². The molecular weight excluding hydrogens is 262 g/mol. The molecule has 1 aliphatic heterocycles. The van der Waals surface area contributed by atoms with Gasteiger partial charge in [0.1, 0.15) is 0 Å². The average molecular weight is 287 g/mol. The Labute approximate surface area is 127 Å². The first kappa shape index (κ1) is 15.7. The van der Waals surface area contributed by atoms with Crippen LogP contribution in [0.2, 0.25) is 0 Å². The molecule has 2 atom stereocenters. The van der Waals surface area contributed by atoms with Gasteiger partial charge in [0.2, 0.25) is 0 Å². The number of hydrogen-bond donors (Lipinski definition) is 1. The first-order valence-corrected chi connectivity index (χ1v) is 8.03. The quantitative estimate of drug-likeness (QED) is 0.775. The lowest BCUT2D eigenvalue weighted by atomic mass is 9.86. The molecule has 0 radical (unpaired) electrons. The lowest BCUT2D eigenvalue weighted by molar-refractivity contribution is -0.112. The van der Waals surface area contributed by atoms with Gasteiger partial charge < -0.3 is 5.32 Å². The predicted molar refractivity (Wildman–Crippen MR) is 86.0 cm³/mol. The summed E-state index contributed by atoms with van der Waals surface area (Å²) >= 11 is 0. The summed E-state index contributed by atoms with van der Waals surface area (Å²) in [6, 6.07) is 4.15. The molecule has 1 heterocycles. The number of carbonyl (C=O) groups is 2. The van der Waals surface area contributed by atoms with E-state index in [2.05, 4.69) is 45.1 Å². The molecule has 0 fully saturated rings. The molecule has 0 saturated carbocycles. The molecule has 1 aromatic rings. The number of Topliss-reactive ketones (excluding diaryl/α,β-unsaturated/α-hetero) is 1. The number of anilines is 1. The molecule has 0 saturated heterocycles. The van der Waals surface area contributed by atoms with Crippen molar-refractivity contribution < 1.29 is 9.59 Å². The van der Waals surface area contributed by atoms with Crippen LogP contribution in [0.5, 0.6) is 0 Å². The van der Waals surface area contributed by atoms with Crippen LogP contribution in [0, 0.1) is 0 Å². The molecule has 3 heteroatoms. The first-order valence-electron chi connectivity index (χ1n) is 8.03. The Morgan fingerprint density at radius 3 is 2.05 bits per heavy atom. The van der Waals surface area contributed by atoms with Crippen molar-refractivity contribution in [3.63, 3.8) is 0 Å². The van der Waals surface area contributed by atoms with Gasteiger partial charge in [-0.25, -0.2) is 0 Å². The summed E-state index contributed by atoms with van der Waals surface area (Å²) < 4.78 is 0. The second-order valence-electron chi connectivity index (χ2n) is 6.16. The number of carbonyl (C=O) groups excluding carboxylic acids is 2. The molecule has 21 heavy (non-hydrogen) atoms. The third-order valence-corrected chi connectivity index (χ3v) is 4.45. The van der Waals surface area contributed by atoms with Crippen LogP contribution in [-0.2, 0) is 4.79 Å². The van der Waals surface area contributed by atoms with E-state index in [9.17, 15) is 9.59 Å². The van der Waals surface area contributed by atoms with Gasteiger partial charge in [-0.1, -0.05) is 52.7 Å². The predicted octanol–water partition coefficient (Wildman–Crippen LogP) is 4.63. The summed E-state index contributed by atoms with van der Waals surface area (Å²) in [6.45, 7) is 8.57. The minimum atomic E-state index is -0.480. The number of rotatable bonds is 6. The third-order valence-electron chi connectivity index (χ3n) is 4.45. The molecule has 1 N–H and O–H groups in total. The minimum absolute atomic E-state index is 0.302. The highest BCUT2D eigenvalue weighted by atomic mass is 16.2. The van der Waals surface area contributed by atoms with Crippen molar-refractivity contribution in [1.29, 1.82) is 0 Å². The lowest BCUT2D eigenvalue weighted by Crippen LogP contribution is -2.13. The number of fused-ring (bicyclic) bond motifs is 1. The Balaban J connectivity index is 2.52. The molecule has 0 aromatic heterocycles. The number of benzene rings is 1. The number of hydrogen-bond acceptors (Lipinski definition) is 2. The van der Waals surface area contributed by atoms with Gasteiger partial charge in [-0.3, -0.25) is 9.59 Å². The minimum Gasteiger partial charge on any atom is -0.318 e. The lowest BCUT2D eigenvalue weighted by Gasteiger charge is -2.19. The molecule has 1 aromatic carbocycles. The maximum absolute atomic E-state index is 12.2. The van der Waals surface area contributed by atoms with Gasteiger partial charge in [-0.2, -0.15) is 0 Å². The highest BCUT2D eigenvalue weighted by Gasteiger charge is 2.34. The standard InChI is InChI=1S/C18H25NO2/c1-5-7-11(3)13-9-10-14(12(4)8-6-2)16-15(13)17(20)18(21)19-16/h9-12H,5-8H2,1-4H3,(H,19,20,21). The maximum Gasteiger partial charge on any atom is 0.296 e. The number of ketones is 1. The largest absolute Gasteiger partial charge is 0.318 e. The van der Waals surface area contributed by atoms with Crippen LogP contribution in [0.1, 0.15) is 86.7 Å². The molecule has 1 aliphatic rings. The summed E-state index contributed by atoms with van der Waals surface area (Å²) in [4.78, 5) is 24.1. The zero-order valence-corrected chi connectivity index (χ0v) is 13.5. The summed E-state index contributed by atoms with van der Waals surface area (Å²) in [5.74, 6) is -0.194. The molecule has 114 valence electrons. The van der Waals surface area contributed by atoms with E-state index in [1.54, 1.807) is 0 Å². The van der Waals surface area contributed by atoms with Gasteiger partial charge in [-0.05, 0) is 35.8 Å². The van der Waals surface area contributed by atoms with E-state index in [0.29, 0.717) is 17.4 Å². The first-order chi connectivity index (χ1) is 10.0. The van der Waals surface area contributed by atoms with Gasteiger partial charge in [0.05, 0.1) is 11.3 Å². The Kier molecular flexibility index (Phi) is 4.81. The van der Waals surface area contributed by atoms with Gasteiger partial charge >= 0.3 is 0 Å². The van der Waals surface area contributed by atoms with Crippen LogP contribution in [0.3, 0.4) is 0 Å². The van der Waals surface area contributed by atoms with Crippen LogP contribution in [0.25, 0.3) is 0 Å². The van der Waals surface area contributed by atoms with Crippen molar-refractivity contribution in [2.45, 2.75) is 65.2 Å². The van der Waals surface area contributed by atoms with E-state index in [4.69, 9.17) is 0 Å². The summed E-state index contributed by atoms with van der Waals surface area (Å²) in [7, 11) is 0. The van der Waals surface area contributed by atoms with Crippen molar-refractivity contribution >= 4 is 17.4 Å². The van der Waals surface area contributed by atoms with E-state index in [1.165, 1.54) is 0 Å². The molecule has 3 nitrogen and oxygen atoms in total. The van der Waals surface area contributed by atoms with Crippen LogP contribution >= 0.6 is 0 Å². The van der Waals surface area contributed by atoms with E-state index in [-0.39, 0.29) is 5.78 Å². The van der Waals surface area contributed by atoms with Crippen molar-refractivity contribution in [3.8, 4) is 0 Å². The number of nitrogens with one attached hydrogen (secondary N) is 1. The fourth-order valence-corrected chi connectivity index (χ4v) is 3.30. The van der Waals surface area contributed by atoms with Crippen molar-refractivity contribution in [1.82, 2.24) is 0 Å². The topological polar surface area (TPSA) is 46.2 Å². The molecule has 0 spiro atoms. The fraction of sp³-hybridized carbons (Fsp3) is 0.556. The molecule has 2 rings (SSSR count). The zero-order valence-electron chi connectivity index (χ0n) is 13.5. The second kappa shape index (κ2) is 6.42. The molecular formula is C18H25NO2. The summed E-state index contributed by atoms with van der Waals surface area (Å²) in [5, 5.41) is 2.80. The third kappa shape index (κ3) is 2.87. The zero-order chi connectivity index (χ0) is 15.6. The van der Waals surface area contributed by atoms with Crippen LogP contribution in [0.15, 0.2) is 12.1 Å². The van der Waals surface area contributed by atoms with Gasteiger partial charge in [0.25, 0.3) is 11.7 Å². The van der Waals surface area contributed by atoms with Crippen molar-refractivity contribution in [2.24, 2.45) is 0 Å². The number of amides is 1. The average Bonchev–Trinajstić information content (AvgIpc) is 2.74. The fourth-order valence-electron chi connectivity index (χ4n) is 3.30. The second-order valence-corrected chi connectivity index (χ2v) is 6.16. The van der Waals surface area contributed by atoms with Crippen LogP contribution in [0.4, 0.5) is 5.69 Å². The Morgan fingerprint density at radius 2 is 1.48 bits per heavy atom. The SMILES string of the molecule is CCCC(C)c1ccc(C(C)CCC)c2c1NC(=O)C2=O. The smallest absolute Gasteiger partial charge is 0.296 e. The Morgan fingerprint density at radius 1 is 0.952 bits per heavy atom. The van der Waals surface area contributed by atoms with E-state index in [0.717, 1.165) is 42.5 Å². The van der Waals surface area contributed by atoms with Gasteiger partial charge in [0.15, 0.2) is 0 Å². The monoisotopic (exact) mass is 287 g/mol. The Hall–Kier alpha value is -1.64. The van der Waals surface area contributed by atoms with E-state index < -0.39 is 5.91 Å². The van der Waals surface area contributed by atoms with Crippen LogP contribution in [-0.4, -0.2) is 11.7 Å². The van der Waals surface area contributed by atoms with E-state index >= 15 is 0 Å². The Bertz CT molecular complexity index is 563. The molecule has 2 unspecified atom stereocenters. The van der Waals surface area contributed by atoms with Gasteiger partial charge in [0, 0.05) is 0 Å². The van der Waals surface area contributed by atoms with Gasteiger partial charge in [-0.15, -0.1) is 0 Å². The highest BCUT2D eigenvalue weighted by Crippen LogP contribution is 2.39. The van der Waals surface area contributed by atoms with Crippen LogP contribution < -0.4 is 5.32 Å². The summed E-state index contributed by atoms with van der Waals surface area (Å²) in [6.07, 6.45) is 4.24. The maximum atomic E-state index is 12.2. The highest BCUT2D eigenvalue weighted by molar-refractivity contribution is 6.52. The normalized spacial score (nSPS) is 16.6. The summed E-state index contributed by atoms with van der Waals surface area (Å²) in [5.41, 5.74) is 3.51. The van der Waals surface area contributed by atoms with E-state index in [1.807, 2.05) is 0 Å². The molecule has 0 aliphatic carbocycles.